The van der Waals surface area contributed by atoms with Gasteiger partial charge in [-0.25, -0.2) is 0 Å². The van der Waals surface area contributed by atoms with Crippen molar-refractivity contribution in [2.24, 2.45) is 0 Å². The maximum atomic E-state index is 11.3. The van der Waals surface area contributed by atoms with Crippen LogP contribution < -0.4 is 5.32 Å². The van der Waals surface area contributed by atoms with Gasteiger partial charge in [0.1, 0.15) is 5.75 Å². The molecule has 3 heteroatoms. The van der Waals surface area contributed by atoms with Crippen molar-refractivity contribution in [1.82, 2.24) is 0 Å². The predicted octanol–water partition coefficient (Wildman–Crippen LogP) is 2.44. The third kappa shape index (κ3) is 2.76. The average Bonchev–Trinajstić information content (AvgIpc) is 2.12. The summed E-state index contributed by atoms with van der Waals surface area (Å²) in [6.45, 7) is 3.85. The highest BCUT2D eigenvalue weighted by molar-refractivity contribution is 5.92. The van der Waals surface area contributed by atoms with Gasteiger partial charge in [0.2, 0.25) is 5.91 Å². The second kappa shape index (κ2) is 4.65. The molecule has 0 aliphatic rings. The number of phenols is 1. The lowest BCUT2D eigenvalue weighted by atomic mass is 10.2. The highest BCUT2D eigenvalue weighted by Crippen LogP contribution is 2.23. The van der Waals surface area contributed by atoms with E-state index in [1.54, 1.807) is 18.2 Å². The number of benzene rings is 1. The van der Waals surface area contributed by atoms with E-state index in [0.29, 0.717) is 12.1 Å². The number of nitrogens with one attached hydrogen (secondary N) is 1. The van der Waals surface area contributed by atoms with Gasteiger partial charge in [0.15, 0.2) is 0 Å². The van der Waals surface area contributed by atoms with E-state index in [1.807, 2.05) is 13.8 Å². The standard InChI is InChI=1S/C11H15NO2/c1-3-4-11(14)12-9-7-8(2)5-6-10(9)13/h5-7,13H,3-4H2,1-2H3,(H,12,14). The Morgan fingerprint density at radius 1 is 1.50 bits per heavy atom. The number of rotatable bonds is 3. The van der Waals surface area contributed by atoms with E-state index in [0.717, 1.165) is 12.0 Å². The van der Waals surface area contributed by atoms with Crippen molar-refractivity contribution < 1.29 is 9.90 Å². The molecule has 0 radical (unpaired) electrons. The minimum Gasteiger partial charge on any atom is -0.506 e. The molecule has 0 atom stereocenters. The van der Waals surface area contributed by atoms with Gasteiger partial charge in [-0.2, -0.15) is 0 Å². The summed E-state index contributed by atoms with van der Waals surface area (Å²) in [5.41, 5.74) is 1.50. The maximum Gasteiger partial charge on any atom is 0.224 e. The lowest BCUT2D eigenvalue weighted by Gasteiger charge is -2.07. The Hall–Kier alpha value is -1.51. The summed E-state index contributed by atoms with van der Waals surface area (Å²) in [7, 11) is 0. The molecule has 1 aromatic carbocycles. The van der Waals surface area contributed by atoms with Crippen molar-refractivity contribution in [2.75, 3.05) is 5.32 Å². The molecule has 3 nitrogen and oxygen atoms in total. The first-order chi connectivity index (χ1) is 6.63. The number of carbonyl (C=O) groups is 1. The fourth-order valence-corrected chi connectivity index (χ4v) is 1.19. The van der Waals surface area contributed by atoms with Gasteiger partial charge in [-0.15, -0.1) is 0 Å². The Kier molecular flexibility index (Phi) is 3.51. The lowest BCUT2D eigenvalue weighted by Crippen LogP contribution is -2.10. The van der Waals surface area contributed by atoms with Crippen molar-refractivity contribution >= 4 is 11.6 Å². The van der Waals surface area contributed by atoms with Crippen molar-refractivity contribution in [2.45, 2.75) is 26.7 Å². The Balaban J connectivity index is 2.75. The highest BCUT2D eigenvalue weighted by atomic mass is 16.3. The van der Waals surface area contributed by atoms with E-state index in [-0.39, 0.29) is 11.7 Å². The van der Waals surface area contributed by atoms with Gasteiger partial charge in [0, 0.05) is 6.42 Å². The van der Waals surface area contributed by atoms with Crippen LogP contribution >= 0.6 is 0 Å². The molecule has 14 heavy (non-hydrogen) atoms. The number of phenolic OH excluding ortho intramolecular Hbond substituents is 1. The minimum atomic E-state index is -0.0617. The number of anilines is 1. The molecule has 0 bridgehead atoms. The first kappa shape index (κ1) is 10.6. The fraction of sp³-hybridized carbons (Fsp3) is 0.364. The molecule has 0 spiro atoms. The quantitative estimate of drug-likeness (QED) is 0.724. The van der Waals surface area contributed by atoms with Gasteiger partial charge < -0.3 is 10.4 Å². The van der Waals surface area contributed by atoms with Gasteiger partial charge in [-0.3, -0.25) is 4.79 Å². The third-order valence-corrected chi connectivity index (χ3v) is 1.90. The maximum absolute atomic E-state index is 11.3. The van der Waals surface area contributed by atoms with Gasteiger partial charge in [-0.1, -0.05) is 13.0 Å². The van der Waals surface area contributed by atoms with E-state index in [9.17, 15) is 9.90 Å². The van der Waals surface area contributed by atoms with E-state index < -0.39 is 0 Å². The summed E-state index contributed by atoms with van der Waals surface area (Å²) in [6, 6.07) is 5.13. The van der Waals surface area contributed by atoms with Crippen LogP contribution in [0.25, 0.3) is 0 Å². The molecule has 0 unspecified atom stereocenters. The summed E-state index contributed by atoms with van der Waals surface area (Å²) < 4.78 is 0. The monoisotopic (exact) mass is 193 g/mol. The summed E-state index contributed by atoms with van der Waals surface area (Å²) in [5.74, 6) is 0.0495. The van der Waals surface area contributed by atoms with Crippen LogP contribution in [-0.2, 0) is 4.79 Å². The lowest BCUT2D eigenvalue weighted by molar-refractivity contribution is -0.116. The molecular formula is C11H15NO2. The van der Waals surface area contributed by atoms with Crippen LogP contribution in [0, 0.1) is 6.92 Å². The first-order valence-electron chi connectivity index (χ1n) is 4.73. The molecule has 0 fully saturated rings. The molecule has 0 aliphatic carbocycles. The summed E-state index contributed by atoms with van der Waals surface area (Å²) in [4.78, 5) is 11.3. The molecule has 0 saturated heterocycles. The normalized spacial score (nSPS) is 9.86. The van der Waals surface area contributed by atoms with Crippen LogP contribution in [0.3, 0.4) is 0 Å². The van der Waals surface area contributed by atoms with Crippen molar-refractivity contribution in [3.05, 3.63) is 23.8 Å². The van der Waals surface area contributed by atoms with Gasteiger partial charge in [0.05, 0.1) is 5.69 Å². The molecular weight excluding hydrogens is 178 g/mol. The van der Waals surface area contributed by atoms with Crippen molar-refractivity contribution in [3.63, 3.8) is 0 Å². The predicted molar refractivity (Wildman–Crippen MR) is 56.4 cm³/mol. The first-order valence-corrected chi connectivity index (χ1v) is 4.73. The number of aryl methyl sites for hydroxylation is 1. The molecule has 1 rings (SSSR count). The van der Waals surface area contributed by atoms with Gasteiger partial charge >= 0.3 is 0 Å². The fourth-order valence-electron chi connectivity index (χ4n) is 1.19. The summed E-state index contributed by atoms with van der Waals surface area (Å²) in [6.07, 6.45) is 1.28. The van der Waals surface area contributed by atoms with E-state index in [2.05, 4.69) is 5.32 Å². The molecule has 0 aliphatic heterocycles. The molecule has 0 heterocycles. The zero-order valence-corrected chi connectivity index (χ0v) is 8.50. The highest BCUT2D eigenvalue weighted by Gasteiger charge is 2.04. The summed E-state index contributed by atoms with van der Waals surface area (Å²) >= 11 is 0. The van der Waals surface area contributed by atoms with Crippen LogP contribution in [0.4, 0.5) is 5.69 Å². The molecule has 76 valence electrons. The Labute approximate surface area is 83.8 Å². The number of hydrogen-bond acceptors (Lipinski definition) is 2. The molecule has 0 saturated carbocycles. The number of aromatic hydroxyl groups is 1. The average molecular weight is 193 g/mol. The van der Waals surface area contributed by atoms with Gasteiger partial charge in [0.25, 0.3) is 0 Å². The zero-order valence-electron chi connectivity index (χ0n) is 8.50. The molecule has 2 N–H and O–H groups in total. The topological polar surface area (TPSA) is 49.3 Å². The van der Waals surface area contributed by atoms with Crippen molar-refractivity contribution in [1.29, 1.82) is 0 Å². The Morgan fingerprint density at radius 2 is 2.21 bits per heavy atom. The van der Waals surface area contributed by atoms with Crippen molar-refractivity contribution in [3.8, 4) is 5.75 Å². The molecule has 0 aromatic heterocycles. The van der Waals surface area contributed by atoms with E-state index in [1.165, 1.54) is 0 Å². The zero-order chi connectivity index (χ0) is 10.6. The van der Waals surface area contributed by atoms with Crippen LogP contribution in [0.5, 0.6) is 5.75 Å². The minimum absolute atomic E-state index is 0.0617. The van der Waals surface area contributed by atoms with Gasteiger partial charge in [-0.05, 0) is 31.0 Å². The largest absolute Gasteiger partial charge is 0.506 e. The Bertz CT molecular complexity index is 334. The molecule has 1 amide bonds. The molecule has 1 aromatic rings. The van der Waals surface area contributed by atoms with Crippen LogP contribution in [0.1, 0.15) is 25.3 Å². The number of hydrogen-bond donors (Lipinski definition) is 2. The van der Waals surface area contributed by atoms with E-state index >= 15 is 0 Å². The number of amides is 1. The van der Waals surface area contributed by atoms with Crippen LogP contribution in [-0.4, -0.2) is 11.0 Å². The van der Waals surface area contributed by atoms with Crippen LogP contribution in [0.2, 0.25) is 0 Å². The Morgan fingerprint density at radius 3 is 2.86 bits per heavy atom. The second-order valence-electron chi connectivity index (χ2n) is 3.32. The SMILES string of the molecule is CCCC(=O)Nc1cc(C)ccc1O. The smallest absolute Gasteiger partial charge is 0.224 e. The summed E-state index contributed by atoms with van der Waals surface area (Å²) in [5, 5.41) is 12.1. The second-order valence-corrected chi connectivity index (χ2v) is 3.32. The number of carbonyl (C=O) groups excluding carboxylic acids is 1. The third-order valence-electron chi connectivity index (χ3n) is 1.90. The van der Waals surface area contributed by atoms with E-state index in [4.69, 9.17) is 0 Å². The van der Waals surface area contributed by atoms with Crippen LogP contribution in [0.15, 0.2) is 18.2 Å².